The van der Waals surface area contributed by atoms with Gasteiger partial charge >= 0.3 is 0 Å². The number of benzene rings is 1. The molecule has 2 N–H and O–H groups in total. The largest absolute Gasteiger partial charge is 0.484 e. The smallest absolute Gasteiger partial charge is 0.258 e. The molecule has 2 rings (SSSR count). The zero-order valence-electron chi connectivity index (χ0n) is 12.2. The van der Waals surface area contributed by atoms with Crippen LogP contribution in [0, 0.1) is 0 Å². The first-order valence-electron chi connectivity index (χ1n) is 7.13. The number of piperazine rings is 1. The van der Waals surface area contributed by atoms with Gasteiger partial charge in [-0.2, -0.15) is 0 Å². The van der Waals surface area contributed by atoms with Gasteiger partial charge in [-0.1, -0.05) is 0 Å². The van der Waals surface area contributed by atoms with Gasteiger partial charge in [0.05, 0.1) is 0 Å². The van der Waals surface area contributed by atoms with Crippen molar-refractivity contribution in [3.63, 3.8) is 0 Å². The predicted octanol–water partition coefficient (Wildman–Crippen LogP) is 1.000. The van der Waals surface area contributed by atoms with E-state index in [-0.39, 0.29) is 18.6 Å². The van der Waals surface area contributed by atoms with Gasteiger partial charge in [-0.25, -0.2) is 0 Å². The van der Waals surface area contributed by atoms with E-state index in [0.29, 0.717) is 0 Å². The number of anilines is 1. The quantitative estimate of drug-likeness (QED) is 0.843. The van der Waals surface area contributed by atoms with Crippen LogP contribution < -0.4 is 20.3 Å². The van der Waals surface area contributed by atoms with Gasteiger partial charge in [0.25, 0.3) is 5.91 Å². The van der Waals surface area contributed by atoms with E-state index in [2.05, 4.69) is 15.5 Å². The minimum atomic E-state index is -0.0915. The van der Waals surface area contributed by atoms with E-state index in [1.165, 1.54) is 5.69 Å². The second kappa shape index (κ2) is 7.14. The fourth-order valence-corrected chi connectivity index (χ4v) is 2.19. The lowest BCUT2D eigenvalue weighted by atomic mass is 10.2. The average Bonchev–Trinajstić information content (AvgIpc) is 2.46. The number of nitrogens with one attached hydrogen (secondary N) is 2. The molecule has 20 heavy (non-hydrogen) atoms. The Morgan fingerprint density at radius 1 is 1.30 bits per heavy atom. The number of ether oxygens (including phenoxy) is 1. The molecular weight excluding hydrogens is 254 g/mol. The number of rotatable bonds is 5. The molecule has 0 bridgehead atoms. The van der Waals surface area contributed by atoms with Crippen molar-refractivity contribution < 1.29 is 9.53 Å². The van der Waals surface area contributed by atoms with Gasteiger partial charge in [-0.05, 0) is 38.1 Å². The molecule has 0 aliphatic carbocycles. The molecule has 1 heterocycles. The normalized spacial score (nSPS) is 15.2. The second-order valence-electron chi connectivity index (χ2n) is 5.24. The summed E-state index contributed by atoms with van der Waals surface area (Å²) in [6.45, 7) is 8.01. The Bertz CT molecular complexity index is 425. The molecule has 110 valence electrons. The summed E-state index contributed by atoms with van der Waals surface area (Å²) in [6.07, 6.45) is 0. The SMILES string of the molecule is CC(C)NC(=O)COc1ccc(N2CCNCC2)cc1. The monoisotopic (exact) mass is 277 g/mol. The van der Waals surface area contributed by atoms with Crippen LogP contribution in [0.15, 0.2) is 24.3 Å². The van der Waals surface area contributed by atoms with Crippen LogP contribution in [0.5, 0.6) is 5.75 Å². The van der Waals surface area contributed by atoms with E-state index in [1.54, 1.807) is 0 Å². The lowest BCUT2D eigenvalue weighted by molar-refractivity contribution is -0.123. The molecule has 1 aromatic rings. The van der Waals surface area contributed by atoms with Crippen molar-refractivity contribution in [2.24, 2.45) is 0 Å². The fourth-order valence-electron chi connectivity index (χ4n) is 2.19. The van der Waals surface area contributed by atoms with Crippen molar-refractivity contribution in [1.82, 2.24) is 10.6 Å². The third-order valence-corrected chi connectivity index (χ3v) is 3.14. The first-order valence-corrected chi connectivity index (χ1v) is 7.13. The van der Waals surface area contributed by atoms with Crippen LogP contribution in [0.4, 0.5) is 5.69 Å². The van der Waals surface area contributed by atoms with Crippen LogP contribution in [0.3, 0.4) is 0 Å². The third kappa shape index (κ3) is 4.42. The van der Waals surface area contributed by atoms with Gasteiger partial charge in [0.1, 0.15) is 5.75 Å². The molecule has 0 aromatic heterocycles. The molecule has 0 spiro atoms. The lowest BCUT2D eigenvalue weighted by Crippen LogP contribution is -2.43. The number of carbonyl (C=O) groups excluding carboxylic acids is 1. The Labute approximate surface area is 120 Å². The Kier molecular flexibility index (Phi) is 5.24. The van der Waals surface area contributed by atoms with Crippen molar-refractivity contribution in [2.45, 2.75) is 19.9 Å². The maximum absolute atomic E-state index is 11.5. The van der Waals surface area contributed by atoms with Crippen molar-refractivity contribution in [1.29, 1.82) is 0 Å². The van der Waals surface area contributed by atoms with E-state index in [0.717, 1.165) is 31.9 Å². The van der Waals surface area contributed by atoms with E-state index < -0.39 is 0 Å². The highest BCUT2D eigenvalue weighted by Gasteiger charge is 2.10. The van der Waals surface area contributed by atoms with Crippen molar-refractivity contribution in [3.05, 3.63) is 24.3 Å². The number of hydrogen-bond acceptors (Lipinski definition) is 4. The van der Waals surface area contributed by atoms with Gasteiger partial charge in [0, 0.05) is 37.9 Å². The van der Waals surface area contributed by atoms with E-state index in [1.807, 2.05) is 38.1 Å². The maximum Gasteiger partial charge on any atom is 0.258 e. The Balaban J connectivity index is 1.83. The highest BCUT2D eigenvalue weighted by Crippen LogP contribution is 2.19. The Morgan fingerprint density at radius 3 is 2.55 bits per heavy atom. The summed E-state index contributed by atoms with van der Waals surface area (Å²) in [7, 11) is 0. The van der Waals surface area contributed by atoms with Crippen molar-refractivity contribution in [2.75, 3.05) is 37.7 Å². The Morgan fingerprint density at radius 2 is 1.95 bits per heavy atom. The molecule has 0 atom stereocenters. The van der Waals surface area contributed by atoms with E-state index >= 15 is 0 Å². The third-order valence-electron chi connectivity index (χ3n) is 3.14. The van der Waals surface area contributed by atoms with Crippen LogP contribution in [-0.4, -0.2) is 44.7 Å². The second-order valence-corrected chi connectivity index (χ2v) is 5.24. The van der Waals surface area contributed by atoms with Gasteiger partial charge < -0.3 is 20.3 Å². The predicted molar refractivity (Wildman–Crippen MR) is 80.3 cm³/mol. The van der Waals surface area contributed by atoms with Gasteiger partial charge in [-0.3, -0.25) is 4.79 Å². The summed E-state index contributed by atoms with van der Waals surface area (Å²) >= 11 is 0. The highest BCUT2D eigenvalue weighted by molar-refractivity contribution is 5.77. The molecule has 0 unspecified atom stereocenters. The lowest BCUT2D eigenvalue weighted by Gasteiger charge is -2.29. The zero-order valence-corrected chi connectivity index (χ0v) is 12.2. The number of amides is 1. The van der Waals surface area contributed by atoms with Crippen molar-refractivity contribution >= 4 is 11.6 Å². The topological polar surface area (TPSA) is 53.6 Å². The molecule has 1 saturated heterocycles. The summed E-state index contributed by atoms with van der Waals surface area (Å²) in [5.74, 6) is 0.633. The molecule has 1 amide bonds. The van der Waals surface area contributed by atoms with Crippen LogP contribution in [0.2, 0.25) is 0 Å². The Hall–Kier alpha value is -1.75. The standard InChI is InChI=1S/C15H23N3O2/c1-12(2)17-15(19)11-20-14-5-3-13(4-6-14)18-9-7-16-8-10-18/h3-6,12,16H,7-11H2,1-2H3,(H,17,19). The maximum atomic E-state index is 11.5. The molecule has 1 fully saturated rings. The molecule has 1 aliphatic heterocycles. The minimum Gasteiger partial charge on any atom is -0.484 e. The van der Waals surface area contributed by atoms with Gasteiger partial charge in [0.15, 0.2) is 6.61 Å². The fraction of sp³-hybridized carbons (Fsp3) is 0.533. The first kappa shape index (κ1) is 14.7. The number of hydrogen-bond donors (Lipinski definition) is 2. The molecule has 5 heteroatoms. The molecule has 1 aromatic carbocycles. The minimum absolute atomic E-state index is 0.0607. The molecular formula is C15H23N3O2. The van der Waals surface area contributed by atoms with Crippen LogP contribution in [0.1, 0.15) is 13.8 Å². The summed E-state index contributed by atoms with van der Waals surface area (Å²) in [4.78, 5) is 13.8. The number of carbonyl (C=O) groups is 1. The summed E-state index contributed by atoms with van der Waals surface area (Å²) in [5.41, 5.74) is 1.20. The van der Waals surface area contributed by atoms with Crippen LogP contribution in [0.25, 0.3) is 0 Å². The average molecular weight is 277 g/mol. The van der Waals surface area contributed by atoms with Crippen molar-refractivity contribution in [3.8, 4) is 5.75 Å². The van der Waals surface area contributed by atoms with Gasteiger partial charge in [-0.15, -0.1) is 0 Å². The molecule has 0 saturated carbocycles. The highest BCUT2D eigenvalue weighted by atomic mass is 16.5. The number of nitrogens with zero attached hydrogens (tertiary/aromatic N) is 1. The van der Waals surface area contributed by atoms with Gasteiger partial charge in [0.2, 0.25) is 0 Å². The summed E-state index contributed by atoms with van der Waals surface area (Å²) in [6, 6.07) is 8.06. The van der Waals surface area contributed by atoms with Crippen LogP contribution >= 0.6 is 0 Å². The first-order chi connectivity index (χ1) is 9.65. The molecule has 0 radical (unpaired) electrons. The summed E-state index contributed by atoms with van der Waals surface area (Å²) < 4.78 is 5.47. The van der Waals surface area contributed by atoms with E-state index in [9.17, 15) is 4.79 Å². The molecule has 1 aliphatic rings. The zero-order chi connectivity index (χ0) is 14.4. The van der Waals surface area contributed by atoms with E-state index in [4.69, 9.17) is 4.74 Å². The molecule has 5 nitrogen and oxygen atoms in total. The van der Waals surface area contributed by atoms with Crippen LogP contribution in [-0.2, 0) is 4.79 Å². The summed E-state index contributed by atoms with van der Waals surface area (Å²) in [5, 5.41) is 6.13.